The molecule has 96 valence electrons. The fourth-order valence-electron chi connectivity index (χ4n) is 1.65. The molecular weight excluding hydrogens is 230 g/mol. The Balaban J connectivity index is 2.18. The Hall–Kier alpha value is -1.88. The van der Waals surface area contributed by atoms with Gasteiger partial charge in [0.25, 0.3) is 0 Å². The maximum absolute atomic E-state index is 5.63. The van der Waals surface area contributed by atoms with Gasteiger partial charge in [-0.25, -0.2) is 0 Å². The summed E-state index contributed by atoms with van der Waals surface area (Å²) in [7, 11) is 1.64. The molecular formula is C13H17N3O2. The molecule has 18 heavy (non-hydrogen) atoms. The molecule has 0 amide bonds. The Morgan fingerprint density at radius 3 is 2.61 bits per heavy atom. The summed E-state index contributed by atoms with van der Waals surface area (Å²) in [6.45, 7) is 4.90. The van der Waals surface area contributed by atoms with Crippen molar-refractivity contribution in [2.24, 2.45) is 0 Å². The number of rotatable bonds is 5. The van der Waals surface area contributed by atoms with Crippen LogP contribution in [0.4, 0.5) is 0 Å². The summed E-state index contributed by atoms with van der Waals surface area (Å²) in [5, 5.41) is 11.3. The van der Waals surface area contributed by atoms with E-state index in [1.807, 2.05) is 38.1 Å². The summed E-state index contributed by atoms with van der Waals surface area (Å²) in [6, 6.07) is 7.59. The molecule has 5 heteroatoms. The molecule has 1 atom stereocenters. The lowest BCUT2D eigenvalue weighted by atomic mass is 10.2. The van der Waals surface area contributed by atoms with Crippen molar-refractivity contribution in [3.8, 4) is 17.2 Å². The average Bonchev–Trinajstić information content (AvgIpc) is 2.89. The van der Waals surface area contributed by atoms with Gasteiger partial charge < -0.3 is 14.5 Å². The number of methoxy groups -OCH3 is 1. The Bertz CT molecular complexity index is 493. The average molecular weight is 247 g/mol. The van der Waals surface area contributed by atoms with Crippen molar-refractivity contribution in [2.75, 3.05) is 13.7 Å². The first-order valence-electron chi connectivity index (χ1n) is 5.95. The van der Waals surface area contributed by atoms with Crippen LogP contribution in [0.5, 0.6) is 5.75 Å². The van der Waals surface area contributed by atoms with Crippen LogP contribution in [0.15, 0.2) is 28.7 Å². The minimum Gasteiger partial charge on any atom is -0.497 e. The minimum absolute atomic E-state index is 0.0644. The van der Waals surface area contributed by atoms with E-state index >= 15 is 0 Å². The highest BCUT2D eigenvalue weighted by atomic mass is 16.5. The van der Waals surface area contributed by atoms with Crippen molar-refractivity contribution in [1.29, 1.82) is 0 Å². The second-order valence-corrected chi connectivity index (χ2v) is 3.95. The molecule has 0 saturated heterocycles. The van der Waals surface area contributed by atoms with Gasteiger partial charge in [0.15, 0.2) is 0 Å². The quantitative estimate of drug-likeness (QED) is 0.879. The predicted octanol–water partition coefficient (Wildman–Crippen LogP) is 2.42. The maximum atomic E-state index is 5.63. The number of aromatic nitrogens is 2. The van der Waals surface area contributed by atoms with Gasteiger partial charge in [0, 0.05) is 5.56 Å². The van der Waals surface area contributed by atoms with Crippen molar-refractivity contribution >= 4 is 0 Å². The lowest BCUT2D eigenvalue weighted by Gasteiger charge is -2.05. The monoisotopic (exact) mass is 247 g/mol. The highest BCUT2D eigenvalue weighted by molar-refractivity contribution is 5.53. The third kappa shape index (κ3) is 2.68. The number of hydrogen-bond donors (Lipinski definition) is 1. The number of nitrogens with one attached hydrogen (secondary N) is 1. The molecule has 0 saturated carbocycles. The number of nitrogens with zero attached hydrogens (tertiary/aromatic N) is 2. The minimum atomic E-state index is 0.0644. The molecule has 0 fully saturated rings. The van der Waals surface area contributed by atoms with Gasteiger partial charge >= 0.3 is 0 Å². The van der Waals surface area contributed by atoms with Crippen molar-refractivity contribution < 1.29 is 9.15 Å². The first-order valence-corrected chi connectivity index (χ1v) is 5.95. The van der Waals surface area contributed by atoms with Gasteiger partial charge in [0.1, 0.15) is 5.75 Å². The van der Waals surface area contributed by atoms with E-state index in [1.165, 1.54) is 0 Å². The molecule has 1 unspecified atom stereocenters. The Labute approximate surface area is 106 Å². The van der Waals surface area contributed by atoms with E-state index in [9.17, 15) is 0 Å². The van der Waals surface area contributed by atoms with E-state index < -0.39 is 0 Å². The van der Waals surface area contributed by atoms with Gasteiger partial charge in [-0.05, 0) is 37.7 Å². The van der Waals surface area contributed by atoms with Gasteiger partial charge in [0.2, 0.25) is 11.8 Å². The van der Waals surface area contributed by atoms with Crippen molar-refractivity contribution in [3.05, 3.63) is 30.2 Å². The molecule has 0 aliphatic carbocycles. The van der Waals surface area contributed by atoms with Gasteiger partial charge in [-0.15, -0.1) is 10.2 Å². The fourth-order valence-corrected chi connectivity index (χ4v) is 1.65. The Kier molecular flexibility index (Phi) is 3.94. The third-order valence-corrected chi connectivity index (χ3v) is 2.66. The first kappa shape index (κ1) is 12.6. The van der Waals surface area contributed by atoms with Crippen LogP contribution in [-0.4, -0.2) is 23.9 Å². The van der Waals surface area contributed by atoms with E-state index in [1.54, 1.807) is 7.11 Å². The summed E-state index contributed by atoms with van der Waals surface area (Å²) in [4.78, 5) is 0. The number of hydrogen-bond acceptors (Lipinski definition) is 5. The molecule has 1 heterocycles. The van der Waals surface area contributed by atoms with Gasteiger partial charge in [-0.1, -0.05) is 6.92 Å². The second-order valence-electron chi connectivity index (χ2n) is 3.95. The van der Waals surface area contributed by atoms with E-state index in [2.05, 4.69) is 15.5 Å². The Morgan fingerprint density at radius 2 is 2.00 bits per heavy atom. The molecule has 2 aromatic rings. The molecule has 0 aliphatic heterocycles. The molecule has 0 aliphatic rings. The summed E-state index contributed by atoms with van der Waals surface area (Å²) in [5.74, 6) is 1.93. The lowest BCUT2D eigenvalue weighted by molar-refractivity contribution is 0.414. The van der Waals surface area contributed by atoms with E-state index in [0.29, 0.717) is 11.8 Å². The molecule has 0 radical (unpaired) electrons. The van der Waals surface area contributed by atoms with Crippen molar-refractivity contribution in [1.82, 2.24) is 15.5 Å². The molecule has 1 aromatic heterocycles. The van der Waals surface area contributed by atoms with Crippen LogP contribution < -0.4 is 10.1 Å². The largest absolute Gasteiger partial charge is 0.497 e. The number of ether oxygens (including phenoxy) is 1. The molecule has 1 N–H and O–H groups in total. The summed E-state index contributed by atoms with van der Waals surface area (Å²) in [5.41, 5.74) is 0.887. The zero-order chi connectivity index (χ0) is 13.0. The van der Waals surface area contributed by atoms with Crippen LogP contribution >= 0.6 is 0 Å². The molecule has 0 spiro atoms. The standard InChI is InChI=1S/C13H17N3O2/c1-4-14-9(2)12-15-16-13(18-12)10-5-7-11(17-3)8-6-10/h5-9,14H,4H2,1-3H3. The summed E-state index contributed by atoms with van der Waals surface area (Å²) in [6.07, 6.45) is 0. The highest BCUT2D eigenvalue weighted by Gasteiger charge is 2.13. The maximum Gasteiger partial charge on any atom is 0.247 e. The molecule has 0 bridgehead atoms. The van der Waals surface area contributed by atoms with E-state index in [-0.39, 0.29) is 6.04 Å². The highest BCUT2D eigenvalue weighted by Crippen LogP contribution is 2.22. The third-order valence-electron chi connectivity index (χ3n) is 2.66. The normalized spacial score (nSPS) is 12.4. The van der Waals surface area contributed by atoms with Crippen LogP contribution in [0.3, 0.4) is 0 Å². The molecule has 5 nitrogen and oxygen atoms in total. The van der Waals surface area contributed by atoms with Crippen LogP contribution in [-0.2, 0) is 0 Å². The second kappa shape index (κ2) is 5.64. The predicted molar refractivity (Wildman–Crippen MR) is 68.4 cm³/mol. The zero-order valence-corrected chi connectivity index (χ0v) is 10.8. The van der Waals surface area contributed by atoms with Gasteiger partial charge in [-0.3, -0.25) is 0 Å². The van der Waals surface area contributed by atoms with Crippen molar-refractivity contribution in [2.45, 2.75) is 19.9 Å². The summed E-state index contributed by atoms with van der Waals surface area (Å²) >= 11 is 0. The van der Waals surface area contributed by atoms with Gasteiger partial charge in [-0.2, -0.15) is 0 Å². The van der Waals surface area contributed by atoms with E-state index in [4.69, 9.17) is 9.15 Å². The lowest BCUT2D eigenvalue weighted by Crippen LogP contribution is -2.17. The van der Waals surface area contributed by atoms with E-state index in [0.717, 1.165) is 17.9 Å². The SMILES string of the molecule is CCNC(C)c1nnc(-c2ccc(OC)cc2)o1. The van der Waals surface area contributed by atoms with Crippen LogP contribution in [0.1, 0.15) is 25.8 Å². The van der Waals surface area contributed by atoms with Gasteiger partial charge in [0.05, 0.1) is 13.2 Å². The Morgan fingerprint density at radius 1 is 1.28 bits per heavy atom. The number of benzene rings is 1. The zero-order valence-electron chi connectivity index (χ0n) is 10.8. The summed E-state index contributed by atoms with van der Waals surface area (Å²) < 4.78 is 10.7. The first-order chi connectivity index (χ1) is 8.74. The molecule has 1 aromatic carbocycles. The topological polar surface area (TPSA) is 60.2 Å². The molecule has 2 rings (SSSR count). The van der Waals surface area contributed by atoms with Crippen LogP contribution in [0.25, 0.3) is 11.5 Å². The smallest absolute Gasteiger partial charge is 0.247 e. The fraction of sp³-hybridized carbons (Fsp3) is 0.385. The van der Waals surface area contributed by atoms with Crippen LogP contribution in [0, 0.1) is 0 Å². The van der Waals surface area contributed by atoms with Crippen LogP contribution in [0.2, 0.25) is 0 Å². The van der Waals surface area contributed by atoms with Crippen molar-refractivity contribution in [3.63, 3.8) is 0 Å².